The zero-order chi connectivity index (χ0) is 13.6. The normalized spacial score (nSPS) is 14.2. The lowest BCUT2D eigenvalue weighted by molar-refractivity contribution is -0.148. The van der Waals surface area contributed by atoms with Crippen LogP contribution in [0, 0.1) is 0 Å². The van der Waals surface area contributed by atoms with E-state index in [9.17, 15) is 4.79 Å². The van der Waals surface area contributed by atoms with E-state index < -0.39 is 5.54 Å². The molecule has 1 rings (SSSR count). The van der Waals surface area contributed by atoms with E-state index in [-0.39, 0.29) is 5.97 Å². The average Bonchev–Trinajstić information content (AvgIpc) is 2.78. The van der Waals surface area contributed by atoms with Gasteiger partial charge < -0.3 is 10.1 Å². The van der Waals surface area contributed by atoms with Crippen LogP contribution in [-0.2, 0) is 16.1 Å². The third-order valence-electron chi connectivity index (χ3n) is 2.84. The van der Waals surface area contributed by atoms with E-state index >= 15 is 0 Å². The Morgan fingerprint density at radius 2 is 2.39 bits per heavy atom. The molecule has 0 saturated carbocycles. The SMILES string of the molecule is CCCNC(C)(CCn1cc(Br)cn1)C(=O)OC. The summed E-state index contributed by atoms with van der Waals surface area (Å²) in [6.45, 7) is 5.38. The minimum atomic E-state index is -0.664. The van der Waals surface area contributed by atoms with Crippen molar-refractivity contribution < 1.29 is 9.53 Å². The maximum absolute atomic E-state index is 11.8. The van der Waals surface area contributed by atoms with Gasteiger partial charge in [0.05, 0.1) is 17.8 Å². The second-order valence-electron chi connectivity index (χ2n) is 4.42. The van der Waals surface area contributed by atoms with E-state index in [2.05, 4.69) is 33.3 Å². The fourth-order valence-electron chi connectivity index (χ4n) is 1.69. The van der Waals surface area contributed by atoms with Gasteiger partial charge in [-0.25, -0.2) is 0 Å². The van der Waals surface area contributed by atoms with Gasteiger partial charge in [-0.05, 0) is 42.2 Å². The Morgan fingerprint density at radius 1 is 1.67 bits per heavy atom. The summed E-state index contributed by atoms with van der Waals surface area (Å²) in [5.74, 6) is -0.234. The van der Waals surface area contributed by atoms with Gasteiger partial charge in [0.2, 0.25) is 0 Å². The average molecular weight is 318 g/mol. The van der Waals surface area contributed by atoms with Crippen molar-refractivity contribution >= 4 is 21.9 Å². The first kappa shape index (κ1) is 15.2. The number of rotatable bonds is 7. The predicted molar refractivity (Wildman–Crippen MR) is 73.3 cm³/mol. The molecule has 0 saturated heterocycles. The summed E-state index contributed by atoms with van der Waals surface area (Å²) in [5, 5.41) is 7.42. The summed E-state index contributed by atoms with van der Waals surface area (Å²) in [6.07, 6.45) is 5.22. The lowest BCUT2D eigenvalue weighted by atomic mass is 9.97. The number of methoxy groups -OCH3 is 1. The number of aryl methyl sites for hydroxylation is 1. The number of carbonyl (C=O) groups excluding carboxylic acids is 1. The van der Waals surface area contributed by atoms with E-state index in [0.29, 0.717) is 13.0 Å². The minimum Gasteiger partial charge on any atom is -0.468 e. The Kier molecular flexibility index (Phi) is 5.81. The van der Waals surface area contributed by atoms with Crippen LogP contribution in [0.1, 0.15) is 26.7 Å². The molecule has 1 aromatic rings. The Morgan fingerprint density at radius 3 is 2.89 bits per heavy atom. The van der Waals surface area contributed by atoms with Crippen molar-refractivity contribution in [2.75, 3.05) is 13.7 Å². The molecule has 5 nitrogen and oxygen atoms in total. The lowest BCUT2D eigenvalue weighted by Gasteiger charge is -2.27. The first-order valence-electron chi connectivity index (χ1n) is 6.03. The molecular formula is C12H20BrN3O2. The van der Waals surface area contributed by atoms with Gasteiger partial charge in [0.15, 0.2) is 0 Å². The van der Waals surface area contributed by atoms with E-state index in [1.807, 2.05) is 13.1 Å². The number of hydrogen-bond acceptors (Lipinski definition) is 4. The predicted octanol–water partition coefficient (Wildman–Crippen LogP) is 1.97. The summed E-state index contributed by atoms with van der Waals surface area (Å²) in [4.78, 5) is 11.8. The third kappa shape index (κ3) is 4.10. The molecule has 0 bridgehead atoms. The van der Waals surface area contributed by atoms with Gasteiger partial charge in [-0.1, -0.05) is 6.92 Å². The minimum absolute atomic E-state index is 0.234. The topological polar surface area (TPSA) is 56.2 Å². The summed E-state index contributed by atoms with van der Waals surface area (Å²) < 4.78 is 7.60. The second kappa shape index (κ2) is 6.89. The number of ether oxygens (including phenoxy) is 1. The fourth-order valence-corrected chi connectivity index (χ4v) is 2.02. The molecule has 0 aromatic carbocycles. The van der Waals surface area contributed by atoms with Crippen LogP contribution < -0.4 is 5.32 Å². The van der Waals surface area contributed by atoms with Gasteiger partial charge in [0.25, 0.3) is 0 Å². The van der Waals surface area contributed by atoms with Gasteiger partial charge in [0, 0.05) is 12.7 Å². The molecule has 1 N–H and O–H groups in total. The molecule has 0 aliphatic heterocycles. The Labute approximate surface area is 116 Å². The van der Waals surface area contributed by atoms with Crippen molar-refractivity contribution in [3.63, 3.8) is 0 Å². The van der Waals surface area contributed by atoms with Gasteiger partial charge in [-0.2, -0.15) is 5.10 Å². The van der Waals surface area contributed by atoms with E-state index in [0.717, 1.165) is 17.4 Å². The molecule has 18 heavy (non-hydrogen) atoms. The summed E-state index contributed by atoms with van der Waals surface area (Å²) in [6, 6.07) is 0. The first-order valence-corrected chi connectivity index (χ1v) is 6.82. The van der Waals surface area contributed by atoms with Crippen LogP contribution in [-0.4, -0.2) is 34.9 Å². The molecule has 0 fully saturated rings. The molecule has 0 aliphatic rings. The monoisotopic (exact) mass is 317 g/mol. The van der Waals surface area contributed by atoms with Crippen molar-refractivity contribution in [3.8, 4) is 0 Å². The fraction of sp³-hybridized carbons (Fsp3) is 0.667. The molecule has 6 heteroatoms. The molecular weight excluding hydrogens is 298 g/mol. The van der Waals surface area contributed by atoms with Crippen LogP contribution in [0.15, 0.2) is 16.9 Å². The molecule has 1 unspecified atom stereocenters. The van der Waals surface area contributed by atoms with Gasteiger partial charge in [-0.3, -0.25) is 9.48 Å². The van der Waals surface area contributed by atoms with Gasteiger partial charge in [-0.15, -0.1) is 0 Å². The maximum atomic E-state index is 11.8. The number of halogens is 1. The van der Waals surface area contributed by atoms with Crippen LogP contribution in [0.2, 0.25) is 0 Å². The molecule has 102 valence electrons. The molecule has 0 aliphatic carbocycles. The molecule has 1 atom stereocenters. The highest BCUT2D eigenvalue weighted by Gasteiger charge is 2.33. The summed E-state index contributed by atoms with van der Waals surface area (Å²) in [7, 11) is 1.42. The number of aromatic nitrogens is 2. The first-order chi connectivity index (χ1) is 8.51. The highest BCUT2D eigenvalue weighted by Crippen LogP contribution is 2.14. The molecule has 0 radical (unpaired) electrons. The van der Waals surface area contributed by atoms with E-state index in [1.54, 1.807) is 10.9 Å². The highest BCUT2D eigenvalue weighted by molar-refractivity contribution is 9.10. The number of nitrogens with one attached hydrogen (secondary N) is 1. The summed E-state index contributed by atoms with van der Waals surface area (Å²) in [5.41, 5.74) is -0.664. The van der Waals surface area contributed by atoms with E-state index in [1.165, 1.54) is 7.11 Å². The van der Waals surface area contributed by atoms with Gasteiger partial charge in [0.1, 0.15) is 5.54 Å². The molecule has 0 amide bonds. The standard InChI is InChI=1S/C12H20BrN3O2/c1-4-6-14-12(2,11(17)18-3)5-7-16-9-10(13)8-15-16/h8-9,14H,4-7H2,1-3H3. The van der Waals surface area contributed by atoms with Crippen molar-refractivity contribution in [1.29, 1.82) is 0 Å². The van der Waals surface area contributed by atoms with Crippen LogP contribution in [0.5, 0.6) is 0 Å². The maximum Gasteiger partial charge on any atom is 0.325 e. The van der Waals surface area contributed by atoms with Crippen LogP contribution >= 0.6 is 15.9 Å². The highest BCUT2D eigenvalue weighted by atomic mass is 79.9. The molecule has 1 heterocycles. The Balaban J connectivity index is 2.63. The van der Waals surface area contributed by atoms with E-state index in [4.69, 9.17) is 4.74 Å². The Hall–Kier alpha value is -0.880. The van der Waals surface area contributed by atoms with Crippen molar-refractivity contribution in [2.45, 2.75) is 38.8 Å². The lowest BCUT2D eigenvalue weighted by Crippen LogP contribution is -2.51. The van der Waals surface area contributed by atoms with Gasteiger partial charge >= 0.3 is 5.97 Å². The number of esters is 1. The molecule has 0 spiro atoms. The number of nitrogens with zero attached hydrogens (tertiary/aromatic N) is 2. The van der Waals surface area contributed by atoms with Crippen molar-refractivity contribution in [3.05, 3.63) is 16.9 Å². The largest absolute Gasteiger partial charge is 0.468 e. The van der Waals surface area contributed by atoms with Crippen molar-refractivity contribution in [1.82, 2.24) is 15.1 Å². The Bertz CT molecular complexity index is 394. The number of hydrogen-bond donors (Lipinski definition) is 1. The second-order valence-corrected chi connectivity index (χ2v) is 5.34. The summed E-state index contributed by atoms with van der Waals surface area (Å²) >= 11 is 3.35. The zero-order valence-corrected chi connectivity index (χ0v) is 12.7. The van der Waals surface area contributed by atoms with Crippen molar-refractivity contribution in [2.24, 2.45) is 0 Å². The number of carbonyl (C=O) groups is 1. The smallest absolute Gasteiger partial charge is 0.325 e. The van der Waals surface area contributed by atoms with Crippen LogP contribution in [0.25, 0.3) is 0 Å². The third-order valence-corrected chi connectivity index (χ3v) is 3.25. The molecule has 1 aromatic heterocycles. The zero-order valence-electron chi connectivity index (χ0n) is 11.1. The van der Waals surface area contributed by atoms with Crippen LogP contribution in [0.3, 0.4) is 0 Å². The van der Waals surface area contributed by atoms with Crippen LogP contribution in [0.4, 0.5) is 0 Å². The quantitative estimate of drug-likeness (QED) is 0.781.